The Morgan fingerprint density at radius 3 is 2.56 bits per heavy atom. The second-order valence-corrected chi connectivity index (χ2v) is 9.22. The highest BCUT2D eigenvalue weighted by Crippen LogP contribution is 2.40. The number of hydrogen-bond acceptors (Lipinski definition) is 8. The first-order chi connectivity index (χ1) is 17.5. The molecule has 2 aromatic heterocycles. The smallest absolute Gasteiger partial charge is 0.409 e. The number of likely N-dealkylation sites (tertiary alicyclic amines) is 1. The number of hydrogen-bond donors (Lipinski definition) is 1. The molecule has 0 saturated carbocycles. The van der Waals surface area contributed by atoms with Gasteiger partial charge in [0.1, 0.15) is 6.33 Å². The Bertz CT molecular complexity index is 1260. The zero-order chi connectivity index (χ0) is 25.1. The quantitative estimate of drug-likeness (QED) is 0.581. The number of aliphatic hydroxyl groups is 1. The number of aromatic nitrogens is 4. The number of rotatable bonds is 5. The minimum atomic E-state index is -0.780. The Labute approximate surface area is 209 Å². The molecule has 10 heteroatoms. The van der Waals surface area contributed by atoms with Gasteiger partial charge in [-0.1, -0.05) is 30.3 Å². The first-order valence-corrected chi connectivity index (χ1v) is 12.3. The maximum Gasteiger partial charge on any atom is 0.409 e. The van der Waals surface area contributed by atoms with Crippen molar-refractivity contribution in [2.75, 3.05) is 31.1 Å². The number of carbonyl (C=O) groups is 1. The van der Waals surface area contributed by atoms with E-state index in [1.165, 1.54) is 12.4 Å². The molecule has 0 bridgehead atoms. The van der Waals surface area contributed by atoms with Gasteiger partial charge in [-0.25, -0.2) is 19.7 Å². The van der Waals surface area contributed by atoms with Crippen LogP contribution in [-0.4, -0.2) is 67.4 Å². The molecule has 2 aliphatic heterocycles. The Hall–Kier alpha value is -3.79. The molecule has 188 valence electrons. The number of nitrogens with zero attached hydrogens (tertiary/aromatic N) is 6. The van der Waals surface area contributed by atoms with Crippen LogP contribution in [0.15, 0.2) is 59.8 Å². The van der Waals surface area contributed by atoms with Gasteiger partial charge in [0.05, 0.1) is 30.6 Å². The lowest BCUT2D eigenvalue weighted by Gasteiger charge is -2.52. The Morgan fingerprint density at radius 1 is 1.11 bits per heavy atom. The zero-order valence-corrected chi connectivity index (χ0v) is 20.3. The molecule has 36 heavy (non-hydrogen) atoms. The van der Waals surface area contributed by atoms with Gasteiger partial charge in [-0.05, 0) is 37.8 Å². The predicted octanol–water partition coefficient (Wildman–Crippen LogP) is 2.64. The molecule has 1 spiro atoms. The lowest BCUT2D eigenvalue weighted by Crippen LogP contribution is -2.61. The van der Waals surface area contributed by atoms with Crippen molar-refractivity contribution in [3.63, 3.8) is 0 Å². The van der Waals surface area contributed by atoms with Crippen LogP contribution in [0.5, 0.6) is 0 Å². The van der Waals surface area contributed by atoms with Gasteiger partial charge in [-0.15, -0.1) is 0 Å². The highest BCUT2D eigenvalue weighted by Gasteiger charge is 2.46. The average Bonchev–Trinajstić information content (AvgIpc) is 2.91. The number of carbonyl (C=O) groups excluding carboxylic acids is 1. The molecule has 1 amide bonds. The fourth-order valence-electron chi connectivity index (χ4n) is 5.22. The Kier molecular flexibility index (Phi) is 6.69. The second-order valence-electron chi connectivity index (χ2n) is 9.22. The third-order valence-corrected chi connectivity index (χ3v) is 7.21. The van der Waals surface area contributed by atoms with E-state index < -0.39 is 6.10 Å². The van der Waals surface area contributed by atoms with Crippen LogP contribution in [0.2, 0.25) is 0 Å². The van der Waals surface area contributed by atoms with E-state index >= 15 is 0 Å². The van der Waals surface area contributed by atoms with Crippen molar-refractivity contribution in [3.05, 3.63) is 70.9 Å². The van der Waals surface area contributed by atoms with Crippen LogP contribution in [0, 0.1) is 0 Å². The summed E-state index contributed by atoms with van der Waals surface area (Å²) >= 11 is 0. The van der Waals surface area contributed by atoms with Gasteiger partial charge < -0.3 is 19.6 Å². The molecule has 0 unspecified atom stereocenters. The lowest BCUT2D eigenvalue weighted by molar-refractivity contribution is 0.0765. The summed E-state index contributed by atoms with van der Waals surface area (Å²) in [6.07, 6.45) is 4.04. The first-order valence-electron chi connectivity index (χ1n) is 12.3. The molecule has 2 aliphatic rings. The average molecular weight is 491 g/mol. The topological polar surface area (TPSA) is 114 Å². The highest BCUT2D eigenvalue weighted by molar-refractivity contribution is 5.68. The van der Waals surface area contributed by atoms with E-state index in [9.17, 15) is 14.7 Å². The molecule has 1 N–H and O–H groups in total. The summed E-state index contributed by atoms with van der Waals surface area (Å²) in [7, 11) is 0. The van der Waals surface area contributed by atoms with Crippen molar-refractivity contribution in [1.29, 1.82) is 0 Å². The summed E-state index contributed by atoms with van der Waals surface area (Å²) in [6.45, 7) is 3.99. The van der Waals surface area contributed by atoms with Gasteiger partial charge in [0, 0.05) is 37.4 Å². The minimum Gasteiger partial charge on any atom is -0.450 e. The number of ether oxygens (including phenoxy) is 1. The monoisotopic (exact) mass is 490 g/mol. The summed E-state index contributed by atoms with van der Waals surface area (Å²) in [5, 5.41) is 11.2. The van der Waals surface area contributed by atoms with E-state index in [0.717, 1.165) is 5.56 Å². The van der Waals surface area contributed by atoms with E-state index in [1.54, 1.807) is 28.7 Å². The van der Waals surface area contributed by atoms with E-state index in [4.69, 9.17) is 9.72 Å². The maximum absolute atomic E-state index is 13.2. The molecule has 3 aromatic rings. The molecule has 1 aromatic carbocycles. The molecular weight excluding hydrogens is 460 g/mol. The van der Waals surface area contributed by atoms with E-state index in [1.807, 2.05) is 30.3 Å². The summed E-state index contributed by atoms with van der Waals surface area (Å²) in [5.74, 6) is 0.516. The second kappa shape index (κ2) is 10.1. The number of β-amino-alcohol motifs (C(OH)–C–C–N with tert-alkyl or cyclic N) is 1. The predicted molar refractivity (Wildman–Crippen MR) is 133 cm³/mol. The maximum atomic E-state index is 13.2. The lowest BCUT2D eigenvalue weighted by atomic mass is 9.81. The number of anilines is 1. The minimum absolute atomic E-state index is 0.161. The van der Waals surface area contributed by atoms with E-state index in [2.05, 4.69) is 14.9 Å². The molecule has 1 atom stereocenters. The summed E-state index contributed by atoms with van der Waals surface area (Å²) < 4.78 is 6.88. The van der Waals surface area contributed by atoms with Crippen molar-refractivity contribution in [2.45, 2.75) is 44.4 Å². The molecule has 0 radical (unpaired) electrons. The molecule has 1 fully saturated rings. The number of piperidine rings is 1. The van der Waals surface area contributed by atoms with Crippen LogP contribution in [-0.2, 0) is 11.3 Å². The van der Waals surface area contributed by atoms with Gasteiger partial charge in [0.25, 0.3) is 5.56 Å². The van der Waals surface area contributed by atoms with Gasteiger partial charge in [-0.3, -0.25) is 9.36 Å². The number of fused-ring (bicyclic) bond motifs is 1. The molecule has 4 heterocycles. The third kappa shape index (κ3) is 4.56. The van der Waals surface area contributed by atoms with Crippen LogP contribution in [0.25, 0.3) is 11.4 Å². The Balaban J connectivity index is 1.53. The van der Waals surface area contributed by atoms with Crippen LogP contribution in [0.1, 0.15) is 37.9 Å². The molecule has 1 saturated heterocycles. The van der Waals surface area contributed by atoms with Crippen LogP contribution in [0.3, 0.4) is 0 Å². The van der Waals surface area contributed by atoms with Crippen LogP contribution < -0.4 is 10.5 Å². The van der Waals surface area contributed by atoms with Crippen molar-refractivity contribution < 1.29 is 14.6 Å². The fourth-order valence-corrected chi connectivity index (χ4v) is 5.22. The SMILES string of the molecule is CCOC(=O)N1CCC2(CC1)CCn1c(nc(-c3ccncn3)cc1=O)N2C[C@@H](O)c1ccccc1. The van der Waals surface area contributed by atoms with Gasteiger partial charge in [-0.2, -0.15) is 0 Å². The van der Waals surface area contributed by atoms with Crippen molar-refractivity contribution in [1.82, 2.24) is 24.4 Å². The van der Waals surface area contributed by atoms with Gasteiger partial charge in [0.2, 0.25) is 5.95 Å². The van der Waals surface area contributed by atoms with Gasteiger partial charge >= 0.3 is 6.09 Å². The van der Waals surface area contributed by atoms with Gasteiger partial charge in [0.15, 0.2) is 0 Å². The number of amides is 1. The molecule has 5 rings (SSSR count). The standard InChI is InChI=1S/C26H30N6O4/c1-2-36-25(35)30-13-9-26(10-14-30)11-15-31-23(34)16-21(20-8-12-27-18-28-20)29-24(31)32(26)17-22(33)19-6-4-3-5-7-19/h3-8,12,16,18,22,33H,2,9-11,13-15,17H2,1H3/t22-/m1/s1. The number of benzene rings is 1. The summed E-state index contributed by atoms with van der Waals surface area (Å²) in [6, 6.07) is 12.7. The summed E-state index contributed by atoms with van der Waals surface area (Å²) in [5.41, 5.74) is 1.30. The number of aliphatic hydroxyl groups excluding tert-OH is 1. The zero-order valence-electron chi connectivity index (χ0n) is 20.3. The van der Waals surface area contributed by atoms with Crippen molar-refractivity contribution >= 4 is 12.0 Å². The molecule has 10 nitrogen and oxygen atoms in total. The highest BCUT2D eigenvalue weighted by atomic mass is 16.6. The van der Waals surface area contributed by atoms with E-state index in [-0.39, 0.29) is 23.7 Å². The van der Waals surface area contributed by atoms with Crippen LogP contribution >= 0.6 is 0 Å². The third-order valence-electron chi connectivity index (χ3n) is 7.21. The van der Waals surface area contributed by atoms with Crippen molar-refractivity contribution in [2.24, 2.45) is 0 Å². The normalized spacial score (nSPS) is 17.5. The Morgan fingerprint density at radius 2 is 1.86 bits per heavy atom. The first kappa shape index (κ1) is 23.9. The van der Waals surface area contributed by atoms with Crippen molar-refractivity contribution in [3.8, 4) is 11.4 Å². The largest absolute Gasteiger partial charge is 0.450 e. The summed E-state index contributed by atoms with van der Waals surface area (Å²) in [4.78, 5) is 42.4. The molecular formula is C26H30N6O4. The fraction of sp³-hybridized carbons (Fsp3) is 0.423. The van der Waals surface area contributed by atoms with Crippen LogP contribution in [0.4, 0.5) is 10.7 Å². The van der Waals surface area contributed by atoms with E-state index in [0.29, 0.717) is 62.8 Å². The molecule has 0 aliphatic carbocycles.